The van der Waals surface area contributed by atoms with Crippen LogP contribution in [0.5, 0.6) is 11.5 Å². The SMILES string of the molecule is COc1cccc(CN[C@H]2CO[C@H](CCc3ccnc4ccc(OC)cc34)OC2)c1. The Kier molecular flexibility index (Phi) is 6.79. The van der Waals surface area contributed by atoms with Crippen LogP contribution < -0.4 is 14.8 Å². The monoisotopic (exact) mass is 408 g/mol. The molecule has 1 aliphatic rings. The van der Waals surface area contributed by atoms with E-state index in [-0.39, 0.29) is 12.3 Å². The molecule has 0 radical (unpaired) electrons. The Hall–Kier alpha value is -2.67. The van der Waals surface area contributed by atoms with E-state index in [1.165, 1.54) is 11.1 Å². The first-order valence-electron chi connectivity index (χ1n) is 10.3. The van der Waals surface area contributed by atoms with Crippen molar-refractivity contribution in [1.29, 1.82) is 0 Å². The Balaban J connectivity index is 1.27. The summed E-state index contributed by atoms with van der Waals surface area (Å²) in [6, 6.07) is 16.3. The van der Waals surface area contributed by atoms with Gasteiger partial charge in [-0.15, -0.1) is 0 Å². The molecule has 0 atom stereocenters. The topological polar surface area (TPSA) is 61.8 Å². The third-order valence-electron chi connectivity index (χ3n) is 5.38. The molecule has 1 saturated heterocycles. The van der Waals surface area contributed by atoms with E-state index in [9.17, 15) is 0 Å². The molecule has 0 saturated carbocycles. The number of fused-ring (bicyclic) bond motifs is 1. The molecule has 1 fully saturated rings. The predicted molar refractivity (Wildman–Crippen MR) is 116 cm³/mol. The first kappa shape index (κ1) is 20.6. The van der Waals surface area contributed by atoms with Gasteiger partial charge < -0.3 is 24.3 Å². The van der Waals surface area contributed by atoms with Gasteiger partial charge in [0.05, 0.1) is 39.0 Å². The molecule has 30 heavy (non-hydrogen) atoms. The maximum Gasteiger partial charge on any atom is 0.158 e. The van der Waals surface area contributed by atoms with Gasteiger partial charge in [0.2, 0.25) is 0 Å². The van der Waals surface area contributed by atoms with Crippen molar-refractivity contribution in [3.63, 3.8) is 0 Å². The molecule has 158 valence electrons. The molecule has 2 heterocycles. The fourth-order valence-corrected chi connectivity index (χ4v) is 3.67. The third-order valence-corrected chi connectivity index (χ3v) is 5.38. The van der Waals surface area contributed by atoms with E-state index in [1.807, 2.05) is 42.6 Å². The maximum absolute atomic E-state index is 5.95. The number of nitrogens with zero attached hydrogens (tertiary/aromatic N) is 1. The molecule has 3 aromatic rings. The minimum absolute atomic E-state index is 0.179. The van der Waals surface area contributed by atoms with E-state index in [1.54, 1.807) is 14.2 Å². The lowest BCUT2D eigenvalue weighted by atomic mass is 10.0. The van der Waals surface area contributed by atoms with Crippen LogP contribution in [0.3, 0.4) is 0 Å². The number of benzene rings is 2. The smallest absolute Gasteiger partial charge is 0.158 e. The maximum atomic E-state index is 5.95. The zero-order chi connectivity index (χ0) is 20.8. The Labute approximate surface area is 177 Å². The van der Waals surface area contributed by atoms with E-state index in [4.69, 9.17) is 18.9 Å². The van der Waals surface area contributed by atoms with Crippen molar-refractivity contribution >= 4 is 10.9 Å². The molecule has 0 spiro atoms. The van der Waals surface area contributed by atoms with E-state index in [0.717, 1.165) is 41.8 Å². The highest BCUT2D eigenvalue weighted by Crippen LogP contribution is 2.24. The summed E-state index contributed by atoms with van der Waals surface area (Å²) in [6.45, 7) is 2.03. The van der Waals surface area contributed by atoms with Crippen molar-refractivity contribution in [2.75, 3.05) is 27.4 Å². The number of ether oxygens (including phenoxy) is 4. The predicted octanol–water partition coefficient (Wildman–Crippen LogP) is 3.72. The summed E-state index contributed by atoms with van der Waals surface area (Å²) in [5.74, 6) is 1.71. The summed E-state index contributed by atoms with van der Waals surface area (Å²) in [5.41, 5.74) is 3.38. The van der Waals surface area contributed by atoms with E-state index >= 15 is 0 Å². The zero-order valence-electron chi connectivity index (χ0n) is 17.5. The lowest BCUT2D eigenvalue weighted by molar-refractivity contribution is -0.192. The molecule has 1 aliphatic heterocycles. The molecule has 0 bridgehead atoms. The van der Waals surface area contributed by atoms with Crippen LogP contribution in [0.25, 0.3) is 10.9 Å². The summed E-state index contributed by atoms with van der Waals surface area (Å²) < 4.78 is 22.5. The molecule has 4 rings (SSSR count). The molecule has 6 heteroatoms. The van der Waals surface area contributed by atoms with Gasteiger partial charge in [0.1, 0.15) is 11.5 Å². The minimum Gasteiger partial charge on any atom is -0.497 e. The summed E-state index contributed by atoms with van der Waals surface area (Å²) in [4.78, 5) is 4.44. The fraction of sp³-hybridized carbons (Fsp3) is 0.375. The Morgan fingerprint density at radius 1 is 1.00 bits per heavy atom. The second-order valence-corrected chi connectivity index (χ2v) is 7.42. The number of aromatic nitrogens is 1. The minimum atomic E-state index is -0.186. The van der Waals surface area contributed by atoms with Crippen LogP contribution >= 0.6 is 0 Å². The summed E-state index contributed by atoms with van der Waals surface area (Å²) in [6.07, 6.45) is 3.33. The van der Waals surface area contributed by atoms with E-state index < -0.39 is 0 Å². The molecule has 0 unspecified atom stereocenters. The second-order valence-electron chi connectivity index (χ2n) is 7.42. The first-order valence-corrected chi connectivity index (χ1v) is 10.3. The van der Waals surface area contributed by atoms with Gasteiger partial charge in [0.25, 0.3) is 0 Å². The van der Waals surface area contributed by atoms with Gasteiger partial charge in [-0.2, -0.15) is 0 Å². The van der Waals surface area contributed by atoms with Crippen LogP contribution in [0.4, 0.5) is 0 Å². The van der Waals surface area contributed by atoms with E-state index in [0.29, 0.717) is 13.2 Å². The van der Waals surface area contributed by atoms with Gasteiger partial charge in [-0.25, -0.2) is 0 Å². The summed E-state index contributed by atoms with van der Waals surface area (Å²) in [7, 11) is 3.36. The number of nitrogens with one attached hydrogen (secondary N) is 1. The summed E-state index contributed by atoms with van der Waals surface area (Å²) >= 11 is 0. The lowest BCUT2D eigenvalue weighted by Gasteiger charge is -2.30. The second kappa shape index (κ2) is 9.89. The molecule has 1 N–H and O–H groups in total. The van der Waals surface area contributed by atoms with Gasteiger partial charge in [-0.05, 0) is 53.9 Å². The number of rotatable bonds is 8. The van der Waals surface area contributed by atoms with Crippen LogP contribution in [0.2, 0.25) is 0 Å². The fourth-order valence-electron chi connectivity index (χ4n) is 3.67. The van der Waals surface area contributed by atoms with Crippen molar-refractivity contribution in [2.24, 2.45) is 0 Å². The number of methoxy groups -OCH3 is 2. The Bertz CT molecular complexity index is 970. The number of hydrogen-bond donors (Lipinski definition) is 1. The van der Waals surface area contributed by atoms with Crippen LogP contribution in [-0.4, -0.2) is 44.7 Å². The normalized spacial score (nSPS) is 19.0. The largest absolute Gasteiger partial charge is 0.497 e. The van der Waals surface area contributed by atoms with Gasteiger partial charge in [-0.3, -0.25) is 4.98 Å². The lowest BCUT2D eigenvalue weighted by Crippen LogP contribution is -2.44. The highest BCUT2D eigenvalue weighted by atomic mass is 16.7. The zero-order valence-corrected chi connectivity index (χ0v) is 17.5. The highest BCUT2D eigenvalue weighted by Gasteiger charge is 2.22. The molecule has 1 aromatic heterocycles. The van der Waals surface area contributed by atoms with Crippen molar-refractivity contribution in [3.8, 4) is 11.5 Å². The molecule has 6 nitrogen and oxygen atoms in total. The average molecular weight is 408 g/mol. The van der Waals surface area contributed by atoms with Crippen LogP contribution in [0, 0.1) is 0 Å². The van der Waals surface area contributed by atoms with Gasteiger partial charge in [0.15, 0.2) is 6.29 Å². The van der Waals surface area contributed by atoms with Crippen molar-refractivity contribution < 1.29 is 18.9 Å². The van der Waals surface area contributed by atoms with Crippen molar-refractivity contribution in [1.82, 2.24) is 10.3 Å². The number of hydrogen-bond acceptors (Lipinski definition) is 6. The third kappa shape index (κ3) is 5.08. The number of pyridine rings is 1. The molecule has 0 amide bonds. The van der Waals surface area contributed by atoms with Crippen molar-refractivity contribution in [2.45, 2.75) is 31.7 Å². The standard InChI is InChI=1S/C24H28N2O4/c1-27-20-5-3-4-17(12-20)14-26-19-15-29-24(30-16-19)9-6-18-10-11-25-23-8-7-21(28-2)13-22(18)23/h3-5,7-8,10-13,19,24,26H,6,9,14-16H2,1-2H3/t19-,24-. The van der Waals surface area contributed by atoms with Crippen LogP contribution in [0.15, 0.2) is 54.7 Å². The quantitative estimate of drug-likeness (QED) is 0.613. The number of aryl methyl sites for hydroxylation is 1. The van der Waals surface area contributed by atoms with Gasteiger partial charge in [0, 0.05) is 24.5 Å². The Morgan fingerprint density at radius 3 is 2.60 bits per heavy atom. The van der Waals surface area contributed by atoms with Crippen LogP contribution in [0.1, 0.15) is 17.5 Å². The highest BCUT2D eigenvalue weighted by molar-refractivity contribution is 5.83. The Morgan fingerprint density at radius 2 is 1.80 bits per heavy atom. The first-order chi connectivity index (χ1) is 14.7. The molecular weight excluding hydrogens is 380 g/mol. The van der Waals surface area contributed by atoms with E-state index in [2.05, 4.69) is 22.4 Å². The van der Waals surface area contributed by atoms with Crippen LogP contribution in [-0.2, 0) is 22.4 Å². The molecule has 0 aliphatic carbocycles. The molecular formula is C24H28N2O4. The molecule has 2 aromatic carbocycles. The van der Waals surface area contributed by atoms with Gasteiger partial charge >= 0.3 is 0 Å². The average Bonchev–Trinajstić information content (AvgIpc) is 2.81. The van der Waals surface area contributed by atoms with Gasteiger partial charge in [-0.1, -0.05) is 12.1 Å². The van der Waals surface area contributed by atoms with Crippen molar-refractivity contribution in [3.05, 3.63) is 65.9 Å². The summed E-state index contributed by atoms with van der Waals surface area (Å²) in [5, 5.41) is 4.61.